The van der Waals surface area contributed by atoms with E-state index >= 15 is 0 Å². The van der Waals surface area contributed by atoms with Gasteiger partial charge in [0.25, 0.3) is 0 Å². The van der Waals surface area contributed by atoms with E-state index in [2.05, 4.69) is 22.3 Å². The quantitative estimate of drug-likeness (QED) is 0.266. The van der Waals surface area contributed by atoms with Gasteiger partial charge in [-0.15, -0.1) is 0 Å². The zero-order valence-electron chi connectivity index (χ0n) is 23.2. The minimum Gasteiger partial charge on any atom is -0.507 e. The molecule has 0 aromatic heterocycles. The number of hydrogen-bond donors (Lipinski definition) is 3. The topological polar surface area (TPSA) is 134 Å². The number of esters is 1. The molecule has 10 nitrogen and oxygen atoms in total. The smallest absolute Gasteiger partial charge is 0.408 e. The summed E-state index contributed by atoms with van der Waals surface area (Å²) in [7, 11) is 1.20. The van der Waals surface area contributed by atoms with Crippen LogP contribution in [0.1, 0.15) is 83.9 Å². The summed E-state index contributed by atoms with van der Waals surface area (Å²) in [6, 6.07) is 2.66. The predicted octanol–water partition coefficient (Wildman–Crippen LogP) is 3.74. The van der Waals surface area contributed by atoms with Crippen molar-refractivity contribution in [3.05, 3.63) is 29.3 Å². The number of rotatable bonds is 13. The van der Waals surface area contributed by atoms with Gasteiger partial charge in [-0.3, -0.25) is 14.4 Å². The summed E-state index contributed by atoms with van der Waals surface area (Å²) >= 11 is 0. The third-order valence-electron chi connectivity index (χ3n) is 5.65. The third kappa shape index (κ3) is 10.7. The van der Waals surface area contributed by atoms with Crippen LogP contribution in [-0.4, -0.2) is 65.7 Å². The van der Waals surface area contributed by atoms with E-state index in [4.69, 9.17) is 4.74 Å². The van der Waals surface area contributed by atoms with E-state index in [9.17, 15) is 24.3 Å². The molecule has 3 amide bonds. The van der Waals surface area contributed by atoms with Crippen LogP contribution in [0.15, 0.2) is 18.2 Å². The van der Waals surface area contributed by atoms with Crippen LogP contribution in [0.2, 0.25) is 0 Å². The number of alkyl carbamates (subject to hydrolysis) is 1. The predicted molar refractivity (Wildman–Crippen MR) is 140 cm³/mol. The van der Waals surface area contributed by atoms with Gasteiger partial charge in [-0.25, -0.2) is 4.79 Å². The molecule has 0 radical (unpaired) electrons. The molecular weight excluding hydrogens is 478 g/mol. The number of aryl methyl sites for hydroxylation is 1. The van der Waals surface area contributed by atoms with E-state index in [1.54, 1.807) is 45.9 Å². The number of hydrogen-bond acceptors (Lipinski definition) is 7. The van der Waals surface area contributed by atoms with Crippen molar-refractivity contribution in [3.8, 4) is 5.75 Å². The molecule has 1 aromatic carbocycles. The van der Waals surface area contributed by atoms with Crippen molar-refractivity contribution in [2.75, 3.05) is 20.2 Å². The lowest BCUT2D eigenvalue weighted by Crippen LogP contribution is -2.52. The zero-order valence-corrected chi connectivity index (χ0v) is 23.2. The largest absolute Gasteiger partial charge is 0.507 e. The third-order valence-corrected chi connectivity index (χ3v) is 5.65. The summed E-state index contributed by atoms with van der Waals surface area (Å²) in [5.74, 6) is -1.96. The highest BCUT2D eigenvalue weighted by atomic mass is 16.6. The van der Waals surface area contributed by atoms with Crippen molar-refractivity contribution in [2.24, 2.45) is 0 Å². The normalized spacial score (nSPS) is 12.7. The highest BCUT2D eigenvalue weighted by molar-refractivity contribution is 5.93. The molecule has 10 heteroatoms. The first kappa shape index (κ1) is 31.7. The van der Waals surface area contributed by atoms with E-state index in [-0.39, 0.29) is 17.9 Å². The molecule has 0 saturated heterocycles. The second-order valence-electron chi connectivity index (χ2n) is 10.0. The Morgan fingerprint density at radius 3 is 2.32 bits per heavy atom. The van der Waals surface area contributed by atoms with Crippen LogP contribution < -0.4 is 10.6 Å². The lowest BCUT2D eigenvalue weighted by atomic mass is 9.99. The summed E-state index contributed by atoms with van der Waals surface area (Å²) in [5.41, 5.74) is -0.0116. The molecule has 0 aliphatic rings. The second kappa shape index (κ2) is 15.1. The number of phenols is 1. The van der Waals surface area contributed by atoms with Gasteiger partial charge in [0, 0.05) is 12.1 Å². The number of para-hydroxylation sites is 1. The molecule has 37 heavy (non-hydrogen) atoms. The molecule has 208 valence electrons. The fourth-order valence-electron chi connectivity index (χ4n) is 3.73. The van der Waals surface area contributed by atoms with Gasteiger partial charge in [0.15, 0.2) is 0 Å². The van der Waals surface area contributed by atoms with Crippen LogP contribution >= 0.6 is 0 Å². The van der Waals surface area contributed by atoms with Gasteiger partial charge in [-0.05, 0) is 46.6 Å². The standard InChI is InChI=1S/C27H43N3O7/c1-8-9-10-11-12-16-30(25(34)19(3)29-26(35)37-27(4,5)6)22(24(33)28-17-21(31)36-7)20-15-13-14-18(2)23(20)32/h13-15,19,22,32H,8-12,16-17H2,1-7H3,(H,28,33)(H,29,35). The summed E-state index contributed by atoms with van der Waals surface area (Å²) in [6.45, 7) is 10.2. The van der Waals surface area contributed by atoms with E-state index in [1.165, 1.54) is 18.9 Å². The fraction of sp³-hybridized carbons (Fsp3) is 0.630. The molecular formula is C27H43N3O7. The Labute approximate surface area is 220 Å². The molecule has 0 heterocycles. The lowest BCUT2D eigenvalue weighted by Gasteiger charge is -2.34. The maximum atomic E-state index is 13.7. The van der Waals surface area contributed by atoms with Gasteiger partial charge in [0.1, 0.15) is 30.0 Å². The van der Waals surface area contributed by atoms with Crippen molar-refractivity contribution in [1.82, 2.24) is 15.5 Å². The van der Waals surface area contributed by atoms with Crippen LogP contribution in [0.25, 0.3) is 0 Å². The number of amides is 3. The van der Waals surface area contributed by atoms with Crippen LogP contribution in [0.5, 0.6) is 5.75 Å². The van der Waals surface area contributed by atoms with Crippen LogP contribution in [0.3, 0.4) is 0 Å². The highest BCUT2D eigenvalue weighted by Crippen LogP contribution is 2.32. The molecule has 2 unspecified atom stereocenters. The summed E-state index contributed by atoms with van der Waals surface area (Å²) in [6.07, 6.45) is 3.75. The van der Waals surface area contributed by atoms with Gasteiger partial charge in [-0.1, -0.05) is 50.8 Å². The number of unbranched alkanes of at least 4 members (excludes halogenated alkanes) is 4. The first-order valence-corrected chi connectivity index (χ1v) is 12.7. The van der Waals surface area contributed by atoms with Crippen LogP contribution in [-0.2, 0) is 23.9 Å². The molecule has 1 rings (SSSR count). The number of ether oxygens (including phenoxy) is 2. The van der Waals surface area contributed by atoms with Crippen molar-refractivity contribution >= 4 is 23.9 Å². The number of carbonyl (C=O) groups is 4. The summed E-state index contributed by atoms with van der Waals surface area (Å²) < 4.78 is 9.89. The van der Waals surface area contributed by atoms with Crippen LogP contribution in [0, 0.1) is 6.92 Å². The van der Waals surface area contributed by atoms with Gasteiger partial charge >= 0.3 is 12.1 Å². The number of carbonyl (C=O) groups excluding carboxylic acids is 4. The molecule has 0 spiro atoms. The minimum absolute atomic E-state index is 0.128. The number of aromatic hydroxyl groups is 1. The molecule has 2 atom stereocenters. The van der Waals surface area contributed by atoms with Crippen molar-refractivity contribution in [1.29, 1.82) is 0 Å². The fourth-order valence-corrected chi connectivity index (χ4v) is 3.73. The molecule has 0 aliphatic heterocycles. The molecule has 3 N–H and O–H groups in total. The number of methoxy groups -OCH3 is 1. The van der Waals surface area contributed by atoms with E-state index < -0.39 is 48.1 Å². The molecule has 0 saturated carbocycles. The van der Waals surface area contributed by atoms with Crippen LogP contribution in [0.4, 0.5) is 4.79 Å². The second-order valence-corrected chi connectivity index (χ2v) is 10.0. The Hall–Kier alpha value is -3.30. The van der Waals surface area contributed by atoms with Crippen molar-refractivity contribution < 1.29 is 33.8 Å². The average molecular weight is 522 g/mol. The Balaban J connectivity index is 3.38. The van der Waals surface area contributed by atoms with Gasteiger partial charge in [0.05, 0.1) is 7.11 Å². The van der Waals surface area contributed by atoms with E-state index in [0.29, 0.717) is 12.0 Å². The Bertz CT molecular complexity index is 927. The lowest BCUT2D eigenvalue weighted by molar-refractivity contribution is -0.144. The Morgan fingerprint density at radius 2 is 1.73 bits per heavy atom. The Kier molecular flexibility index (Phi) is 12.9. The maximum absolute atomic E-state index is 13.7. The van der Waals surface area contributed by atoms with E-state index in [1.807, 2.05) is 0 Å². The number of benzene rings is 1. The molecule has 0 aliphatic carbocycles. The first-order chi connectivity index (χ1) is 17.3. The zero-order chi connectivity index (χ0) is 28.2. The highest BCUT2D eigenvalue weighted by Gasteiger charge is 2.36. The van der Waals surface area contributed by atoms with Crippen molar-refractivity contribution in [2.45, 2.75) is 91.3 Å². The molecule has 1 aromatic rings. The first-order valence-electron chi connectivity index (χ1n) is 12.7. The van der Waals surface area contributed by atoms with Gasteiger partial charge in [-0.2, -0.15) is 0 Å². The summed E-state index contributed by atoms with van der Waals surface area (Å²) in [5, 5.41) is 15.9. The minimum atomic E-state index is -1.24. The Morgan fingerprint density at radius 1 is 1.08 bits per heavy atom. The van der Waals surface area contributed by atoms with E-state index in [0.717, 1.165) is 25.7 Å². The van der Waals surface area contributed by atoms with Gasteiger partial charge in [0.2, 0.25) is 11.8 Å². The molecule has 0 bridgehead atoms. The number of nitrogens with one attached hydrogen (secondary N) is 2. The van der Waals surface area contributed by atoms with Gasteiger partial charge < -0.3 is 30.1 Å². The number of phenolic OH excluding ortho intramolecular Hbond substituents is 1. The summed E-state index contributed by atoms with van der Waals surface area (Å²) in [4.78, 5) is 52.4. The SMILES string of the molecule is CCCCCCCN(C(=O)C(C)NC(=O)OC(C)(C)C)C(C(=O)NCC(=O)OC)c1cccc(C)c1O. The average Bonchev–Trinajstić information content (AvgIpc) is 2.82. The number of nitrogens with zero attached hydrogens (tertiary/aromatic N) is 1. The van der Waals surface area contributed by atoms with Crippen molar-refractivity contribution in [3.63, 3.8) is 0 Å². The monoisotopic (exact) mass is 521 g/mol. The maximum Gasteiger partial charge on any atom is 0.408 e. The molecule has 0 fully saturated rings.